The summed E-state index contributed by atoms with van der Waals surface area (Å²) < 4.78 is 10.2. The Bertz CT molecular complexity index is 160. The minimum absolute atomic E-state index is 0.117. The van der Waals surface area contributed by atoms with Gasteiger partial charge in [0.2, 0.25) is 0 Å². The highest BCUT2D eigenvalue weighted by Gasteiger charge is 2.15. The van der Waals surface area contributed by atoms with Crippen LogP contribution in [0.4, 0.5) is 0 Å². The zero-order valence-corrected chi connectivity index (χ0v) is 9.21. The molecule has 0 saturated heterocycles. The van der Waals surface area contributed by atoms with Crippen LogP contribution in [0.25, 0.3) is 0 Å². The molecule has 0 fully saturated rings. The van der Waals surface area contributed by atoms with Gasteiger partial charge in [-0.3, -0.25) is 4.79 Å². The molecule has 0 aliphatic rings. The van der Waals surface area contributed by atoms with Crippen molar-refractivity contribution in [3.8, 4) is 0 Å². The van der Waals surface area contributed by atoms with E-state index in [9.17, 15) is 4.79 Å². The van der Waals surface area contributed by atoms with Crippen LogP contribution in [0, 0.1) is 0 Å². The van der Waals surface area contributed by atoms with E-state index in [0.29, 0.717) is 19.6 Å². The van der Waals surface area contributed by atoms with Crippen molar-refractivity contribution in [1.29, 1.82) is 0 Å². The first-order valence-corrected chi connectivity index (χ1v) is 4.86. The van der Waals surface area contributed by atoms with Gasteiger partial charge in [-0.1, -0.05) is 0 Å². The third kappa shape index (κ3) is 9.48. The second-order valence-electron chi connectivity index (χ2n) is 4.03. The maximum atomic E-state index is 11.1. The first-order valence-electron chi connectivity index (χ1n) is 4.86. The van der Waals surface area contributed by atoms with E-state index in [4.69, 9.17) is 14.6 Å². The first-order chi connectivity index (χ1) is 6.45. The van der Waals surface area contributed by atoms with Crippen molar-refractivity contribution < 1.29 is 19.4 Å². The Morgan fingerprint density at radius 3 is 2.43 bits per heavy atom. The number of aliphatic hydroxyl groups excluding tert-OH is 1. The third-order valence-electron chi connectivity index (χ3n) is 1.32. The van der Waals surface area contributed by atoms with Crippen LogP contribution in [-0.2, 0) is 14.3 Å². The Kier molecular flexibility index (Phi) is 6.49. The van der Waals surface area contributed by atoms with Crippen LogP contribution in [0.3, 0.4) is 0 Å². The van der Waals surface area contributed by atoms with Gasteiger partial charge in [0.25, 0.3) is 0 Å². The smallest absolute Gasteiger partial charge is 0.308 e. The van der Waals surface area contributed by atoms with Gasteiger partial charge < -0.3 is 14.6 Å². The van der Waals surface area contributed by atoms with Crippen LogP contribution < -0.4 is 0 Å². The van der Waals surface area contributed by atoms with E-state index < -0.39 is 5.60 Å². The number of esters is 1. The average molecular weight is 204 g/mol. The van der Waals surface area contributed by atoms with E-state index in [-0.39, 0.29) is 19.0 Å². The second-order valence-corrected chi connectivity index (χ2v) is 4.03. The standard InChI is InChI=1S/C10H20O4/c1-10(2,3)14-9(12)5-8-13-7-4-6-11/h11H,4-8H2,1-3H3. The Balaban J connectivity index is 3.36. The molecule has 0 saturated carbocycles. The Labute approximate surface area is 85.2 Å². The lowest BCUT2D eigenvalue weighted by Crippen LogP contribution is -2.24. The highest BCUT2D eigenvalue weighted by Crippen LogP contribution is 2.07. The molecule has 0 spiro atoms. The molecule has 0 rings (SSSR count). The molecule has 0 aliphatic heterocycles. The molecule has 4 nitrogen and oxygen atoms in total. The van der Waals surface area contributed by atoms with Crippen LogP contribution in [0.1, 0.15) is 33.6 Å². The zero-order chi connectivity index (χ0) is 11.0. The number of ether oxygens (including phenoxy) is 2. The number of carbonyl (C=O) groups is 1. The van der Waals surface area contributed by atoms with E-state index in [1.54, 1.807) is 0 Å². The Morgan fingerprint density at radius 2 is 1.93 bits per heavy atom. The molecule has 0 aromatic rings. The topological polar surface area (TPSA) is 55.8 Å². The highest BCUT2D eigenvalue weighted by atomic mass is 16.6. The lowest BCUT2D eigenvalue weighted by atomic mass is 10.2. The summed E-state index contributed by atoms with van der Waals surface area (Å²) in [7, 11) is 0. The molecule has 4 heteroatoms. The SMILES string of the molecule is CC(C)(C)OC(=O)CCOCCCO. The number of hydrogen-bond donors (Lipinski definition) is 1. The molecule has 84 valence electrons. The molecular formula is C10H20O4. The largest absolute Gasteiger partial charge is 0.460 e. The van der Waals surface area contributed by atoms with Gasteiger partial charge in [-0.05, 0) is 27.2 Å². The predicted molar refractivity (Wildman–Crippen MR) is 53.0 cm³/mol. The molecule has 0 aromatic carbocycles. The van der Waals surface area contributed by atoms with Crippen molar-refractivity contribution >= 4 is 5.97 Å². The van der Waals surface area contributed by atoms with E-state index >= 15 is 0 Å². The van der Waals surface area contributed by atoms with E-state index in [1.165, 1.54) is 0 Å². The molecule has 14 heavy (non-hydrogen) atoms. The predicted octanol–water partition coefficient (Wildman–Crippen LogP) is 1.12. The second kappa shape index (κ2) is 6.79. The van der Waals surface area contributed by atoms with Gasteiger partial charge in [0, 0.05) is 13.2 Å². The Hall–Kier alpha value is -0.610. The fourth-order valence-electron chi connectivity index (χ4n) is 0.817. The van der Waals surface area contributed by atoms with E-state index in [2.05, 4.69) is 0 Å². The maximum absolute atomic E-state index is 11.1. The van der Waals surface area contributed by atoms with Gasteiger partial charge in [0.15, 0.2) is 0 Å². The minimum Gasteiger partial charge on any atom is -0.460 e. The molecule has 1 N–H and O–H groups in total. The summed E-state index contributed by atoms with van der Waals surface area (Å²) >= 11 is 0. The number of hydrogen-bond acceptors (Lipinski definition) is 4. The van der Waals surface area contributed by atoms with Crippen LogP contribution in [0.5, 0.6) is 0 Å². The minimum atomic E-state index is -0.428. The van der Waals surface area contributed by atoms with Gasteiger partial charge in [0.1, 0.15) is 5.60 Å². The summed E-state index contributed by atoms with van der Waals surface area (Å²) in [5.74, 6) is -0.249. The lowest BCUT2D eigenvalue weighted by molar-refractivity contribution is -0.156. The molecular weight excluding hydrogens is 184 g/mol. The molecule has 0 heterocycles. The third-order valence-corrected chi connectivity index (χ3v) is 1.32. The van der Waals surface area contributed by atoms with Crippen LogP contribution in [-0.4, -0.2) is 36.5 Å². The van der Waals surface area contributed by atoms with Crippen molar-refractivity contribution in [2.24, 2.45) is 0 Å². The summed E-state index contributed by atoms with van der Waals surface area (Å²) in [6, 6.07) is 0. The normalized spacial score (nSPS) is 11.4. The number of rotatable bonds is 6. The van der Waals surface area contributed by atoms with Gasteiger partial charge in [-0.25, -0.2) is 0 Å². The van der Waals surface area contributed by atoms with Crippen LogP contribution >= 0.6 is 0 Å². The first kappa shape index (κ1) is 13.4. The van der Waals surface area contributed by atoms with Gasteiger partial charge in [-0.2, -0.15) is 0 Å². The molecule has 0 unspecified atom stereocenters. The molecule has 0 bridgehead atoms. The molecule has 0 radical (unpaired) electrons. The van der Waals surface area contributed by atoms with Crippen LogP contribution in [0.15, 0.2) is 0 Å². The van der Waals surface area contributed by atoms with Crippen molar-refractivity contribution in [2.45, 2.75) is 39.2 Å². The van der Waals surface area contributed by atoms with Crippen molar-refractivity contribution in [1.82, 2.24) is 0 Å². The monoisotopic (exact) mass is 204 g/mol. The zero-order valence-electron chi connectivity index (χ0n) is 9.21. The maximum Gasteiger partial charge on any atom is 0.308 e. The summed E-state index contributed by atoms with van der Waals surface area (Å²) in [5, 5.41) is 8.46. The summed E-state index contributed by atoms with van der Waals surface area (Å²) in [6.45, 7) is 6.45. The quantitative estimate of drug-likeness (QED) is 0.520. The van der Waals surface area contributed by atoms with Gasteiger partial charge in [0.05, 0.1) is 13.0 Å². The fourth-order valence-corrected chi connectivity index (χ4v) is 0.817. The highest BCUT2D eigenvalue weighted by molar-refractivity contribution is 5.69. The van der Waals surface area contributed by atoms with E-state index in [1.807, 2.05) is 20.8 Å². The number of carbonyl (C=O) groups excluding carboxylic acids is 1. The van der Waals surface area contributed by atoms with Crippen molar-refractivity contribution in [3.05, 3.63) is 0 Å². The molecule has 0 aliphatic carbocycles. The molecule has 0 atom stereocenters. The van der Waals surface area contributed by atoms with Crippen molar-refractivity contribution in [3.63, 3.8) is 0 Å². The molecule has 0 aromatic heterocycles. The lowest BCUT2D eigenvalue weighted by Gasteiger charge is -2.19. The van der Waals surface area contributed by atoms with Crippen LogP contribution in [0.2, 0.25) is 0 Å². The summed E-state index contributed by atoms with van der Waals surface area (Å²) in [6.07, 6.45) is 0.872. The average Bonchev–Trinajstić information content (AvgIpc) is 2.00. The van der Waals surface area contributed by atoms with E-state index in [0.717, 1.165) is 0 Å². The fraction of sp³-hybridized carbons (Fsp3) is 0.900. The van der Waals surface area contributed by atoms with Crippen molar-refractivity contribution in [2.75, 3.05) is 19.8 Å². The summed E-state index contributed by atoms with van der Waals surface area (Å²) in [4.78, 5) is 11.1. The Morgan fingerprint density at radius 1 is 1.29 bits per heavy atom. The van der Waals surface area contributed by atoms with Gasteiger partial charge >= 0.3 is 5.97 Å². The van der Waals surface area contributed by atoms with Gasteiger partial charge in [-0.15, -0.1) is 0 Å². The summed E-state index contributed by atoms with van der Waals surface area (Å²) in [5.41, 5.74) is -0.428. The number of aliphatic hydroxyl groups is 1. The molecule has 0 amide bonds.